The first-order valence-corrected chi connectivity index (χ1v) is 12.2. The maximum absolute atomic E-state index is 6.32. The van der Waals surface area contributed by atoms with Gasteiger partial charge in [0, 0.05) is 50.2 Å². The lowest BCUT2D eigenvalue weighted by Gasteiger charge is -2.48. The molecule has 5 aromatic rings. The Kier molecular flexibility index (Phi) is 4.97. The molecular formula is C27H26N8O. The van der Waals surface area contributed by atoms with Crippen molar-refractivity contribution in [2.45, 2.75) is 12.1 Å². The summed E-state index contributed by atoms with van der Waals surface area (Å²) < 4.78 is 10.1. The lowest BCUT2D eigenvalue weighted by molar-refractivity contribution is 0.0348. The molecule has 7 rings (SSSR count). The van der Waals surface area contributed by atoms with Gasteiger partial charge in [0.15, 0.2) is 5.65 Å². The Morgan fingerprint density at radius 2 is 1.67 bits per heavy atom. The van der Waals surface area contributed by atoms with Crippen molar-refractivity contribution in [3.8, 4) is 28.4 Å². The molecule has 0 atom stereocenters. The van der Waals surface area contributed by atoms with Gasteiger partial charge < -0.3 is 20.4 Å². The van der Waals surface area contributed by atoms with Crippen molar-refractivity contribution >= 4 is 16.9 Å². The quantitative estimate of drug-likeness (QED) is 0.385. The van der Waals surface area contributed by atoms with Gasteiger partial charge >= 0.3 is 0 Å². The van der Waals surface area contributed by atoms with Gasteiger partial charge in [-0.15, -0.1) is 0 Å². The number of likely N-dealkylation sites (tertiary alicyclic amines) is 1. The second kappa shape index (κ2) is 8.47. The summed E-state index contributed by atoms with van der Waals surface area (Å²) in [7, 11) is 0. The van der Waals surface area contributed by atoms with Gasteiger partial charge in [-0.05, 0) is 42.5 Å². The third-order valence-electron chi connectivity index (χ3n) is 7.13. The predicted molar refractivity (Wildman–Crippen MR) is 138 cm³/mol. The molecule has 0 radical (unpaired) electrons. The van der Waals surface area contributed by atoms with Crippen LogP contribution in [0.3, 0.4) is 0 Å². The fraction of sp³-hybridized carbons (Fsp3) is 0.222. The Labute approximate surface area is 208 Å². The second-order valence-corrected chi connectivity index (χ2v) is 9.39. The highest BCUT2D eigenvalue weighted by molar-refractivity contribution is 5.98. The third kappa shape index (κ3) is 3.60. The number of anilines is 1. The van der Waals surface area contributed by atoms with Crippen LogP contribution in [0.1, 0.15) is 6.04 Å². The Morgan fingerprint density at radius 3 is 2.42 bits per heavy atom. The molecule has 0 unspecified atom stereocenters. The van der Waals surface area contributed by atoms with E-state index in [-0.39, 0.29) is 0 Å². The normalized spacial score (nSPS) is 16.7. The zero-order valence-electron chi connectivity index (χ0n) is 19.7. The Bertz CT molecular complexity index is 1510. The molecule has 0 spiro atoms. The molecule has 5 heterocycles. The molecule has 0 amide bonds. The summed E-state index contributed by atoms with van der Waals surface area (Å²) in [5.74, 6) is 1.96. The van der Waals surface area contributed by atoms with Crippen LogP contribution in [0.25, 0.3) is 28.0 Å². The summed E-state index contributed by atoms with van der Waals surface area (Å²) in [6.07, 6.45) is 5.76. The molecule has 36 heavy (non-hydrogen) atoms. The van der Waals surface area contributed by atoms with E-state index >= 15 is 0 Å². The van der Waals surface area contributed by atoms with Crippen LogP contribution >= 0.6 is 0 Å². The Hall–Kier alpha value is -4.21. The van der Waals surface area contributed by atoms with Crippen molar-refractivity contribution in [1.29, 1.82) is 0 Å². The SMILES string of the molecule is Nc1ncnc2c1c(-c1ccc(Oc3ccccc3)cc1)nn2-c1ccn(C2CN(C3CNC3)C2)c1. The minimum atomic E-state index is 0.411. The smallest absolute Gasteiger partial charge is 0.169 e. The molecule has 180 valence electrons. The van der Waals surface area contributed by atoms with E-state index in [1.165, 1.54) is 6.33 Å². The minimum absolute atomic E-state index is 0.411. The van der Waals surface area contributed by atoms with Crippen LogP contribution in [0.5, 0.6) is 11.5 Å². The summed E-state index contributed by atoms with van der Waals surface area (Å²) in [6.45, 7) is 4.37. The van der Waals surface area contributed by atoms with Crippen molar-refractivity contribution < 1.29 is 4.74 Å². The summed E-state index contributed by atoms with van der Waals surface area (Å²) >= 11 is 0. The number of rotatable bonds is 6. The fourth-order valence-electron chi connectivity index (χ4n) is 4.92. The maximum atomic E-state index is 6.32. The number of ether oxygens (including phenoxy) is 1. The molecule has 0 bridgehead atoms. The molecule has 3 aromatic heterocycles. The average molecular weight is 479 g/mol. The standard InChI is InChI=1S/C27H26N8O/c28-26-24-25(18-6-8-23(9-7-18)36-22-4-2-1-3-5-22)32-35(27(24)31-17-30-26)19-10-11-33(14-19)21-15-34(16-21)20-12-29-13-20/h1-11,14,17,20-21,29H,12-13,15-16H2,(H2,28,30,31). The number of para-hydroxylation sites is 1. The predicted octanol–water partition coefficient (Wildman–Crippen LogP) is 3.49. The van der Waals surface area contributed by atoms with Crippen LogP contribution in [0.15, 0.2) is 79.4 Å². The van der Waals surface area contributed by atoms with E-state index in [4.69, 9.17) is 15.6 Å². The molecular weight excluding hydrogens is 452 g/mol. The van der Waals surface area contributed by atoms with E-state index in [0.29, 0.717) is 23.5 Å². The van der Waals surface area contributed by atoms with Crippen LogP contribution in [0, 0.1) is 0 Å². The number of benzene rings is 2. The highest BCUT2D eigenvalue weighted by Crippen LogP contribution is 2.34. The summed E-state index contributed by atoms with van der Waals surface area (Å²) in [5.41, 5.74) is 9.63. The number of nitrogen functional groups attached to an aromatic ring is 1. The van der Waals surface area contributed by atoms with Gasteiger partial charge in [0.1, 0.15) is 29.3 Å². The first-order chi connectivity index (χ1) is 17.7. The minimum Gasteiger partial charge on any atom is -0.457 e. The monoisotopic (exact) mass is 478 g/mol. The van der Waals surface area contributed by atoms with Gasteiger partial charge in [-0.2, -0.15) is 5.10 Å². The zero-order valence-corrected chi connectivity index (χ0v) is 19.7. The largest absolute Gasteiger partial charge is 0.457 e. The number of nitrogens with one attached hydrogen (secondary N) is 1. The highest BCUT2D eigenvalue weighted by Gasteiger charge is 2.35. The van der Waals surface area contributed by atoms with E-state index in [9.17, 15) is 0 Å². The van der Waals surface area contributed by atoms with Gasteiger partial charge in [-0.1, -0.05) is 18.2 Å². The van der Waals surface area contributed by atoms with Gasteiger partial charge in [-0.3, -0.25) is 4.90 Å². The Morgan fingerprint density at radius 1 is 0.889 bits per heavy atom. The second-order valence-electron chi connectivity index (χ2n) is 9.39. The van der Waals surface area contributed by atoms with Gasteiger partial charge in [0.05, 0.1) is 17.1 Å². The number of nitrogens with two attached hydrogens (primary N) is 1. The summed E-state index contributed by atoms with van der Waals surface area (Å²) in [5, 5.41) is 9.04. The first kappa shape index (κ1) is 21.1. The van der Waals surface area contributed by atoms with Crippen LogP contribution < -0.4 is 15.8 Å². The number of hydrogen-bond donors (Lipinski definition) is 2. The topological polar surface area (TPSA) is 99.0 Å². The van der Waals surface area contributed by atoms with Crippen LogP contribution in [-0.4, -0.2) is 61.4 Å². The first-order valence-electron chi connectivity index (χ1n) is 12.2. The zero-order chi connectivity index (χ0) is 24.1. The molecule has 2 aromatic carbocycles. The molecule has 2 fully saturated rings. The van der Waals surface area contributed by atoms with E-state index < -0.39 is 0 Å². The van der Waals surface area contributed by atoms with Gasteiger partial charge in [-0.25, -0.2) is 14.6 Å². The molecule has 3 N–H and O–H groups in total. The van der Waals surface area contributed by atoms with E-state index in [2.05, 4.69) is 43.2 Å². The van der Waals surface area contributed by atoms with Crippen molar-refractivity contribution in [1.82, 2.24) is 34.5 Å². The third-order valence-corrected chi connectivity index (χ3v) is 7.13. The lowest BCUT2D eigenvalue weighted by Crippen LogP contribution is -2.63. The fourth-order valence-corrected chi connectivity index (χ4v) is 4.92. The number of aromatic nitrogens is 5. The van der Waals surface area contributed by atoms with Crippen molar-refractivity contribution in [2.75, 3.05) is 31.9 Å². The molecule has 0 aliphatic carbocycles. The Balaban J connectivity index is 1.19. The van der Waals surface area contributed by atoms with Crippen molar-refractivity contribution in [2.24, 2.45) is 0 Å². The van der Waals surface area contributed by atoms with Gasteiger partial charge in [0.2, 0.25) is 0 Å². The van der Waals surface area contributed by atoms with Crippen molar-refractivity contribution in [3.63, 3.8) is 0 Å². The van der Waals surface area contributed by atoms with E-state index in [1.807, 2.05) is 59.3 Å². The number of hydrogen-bond acceptors (Lipinski definition) is 7. The summed E-state index contributed by atoms with van der Waals surface area (Å²) in [6, 6.07) is 20.8. The average Bonchev–Trinajstić information content (AvgIpc) is 3.47. The van der Waals surface area contributed by atoms with Crippen LogP contribution in [0.2, 0.25) is 0 Å². The number of fused-ring (bicyclic) bond motifs is 1. The number of nitrogens with zero attached hydrogens (tertiary/aromatic N) is 6. The molecule has 2 aliphatic rings. The highest BCUT2D eigenvalue weighted by atomic mass is 16.5. The van der Waals surface area contributed by atoms with E-state index in [0.717, 1.165) is 60.0 Å². The van der Waals surface area contributed by atoms with E-state index in [1.54, 1.807) is 0 Å². The van der Waals surface area contributed by atoms with Crippen LogP contribution in [0.4, 0.5) is 5.82 Å². The molecule has 9 heteroatoms. The molecule has 0 saturated carbocycles. The van der Waals surface area contributed by atoms with Crippen molar-refractivity contribution in [3.05, 3.63) is 79.4 Å². The lowest BCUT2D eigenvalue weighted by atomic mass is 10.0. The van der Waals surface area contributed by atoms with Gasteiger partial charge in [0.25, 0.3) is 0 Å². The molecule has 9 nitrogen and oxygen atoms in total. The molecule has 2 saturated heterocycles. The maximum Gasteiger partial charge on any atom is 0.169 e. The van der Waals surface area contributed by atoms with Crippen LogP contribution in [-0.2, 0) is 0 Å². The summed E-state index contributed by atoms with van der Waals surface area (Å²) in [4.78, 5) is 11.3. The molecule has 2 aliphatic heterocycles.